The lowest BCUT2D eigenvalue weighted by Gasteiger charge is -2.32. The van der Waals surface area contributed by atoms with E-state index in [1.165, 1.54) is 17.2 Å². The fourth-order valence-electron chi connectivity index (χ4n) is 4.91. The lowest BCUT2D eigenvalue weighted by molar-refractivity contribution is 0.00578. The molecule has 0 atom stereocenters. The number of hydrogen-bond acceptors (Lipinski definition) is 6. The van der Waals surface area contributed by atoms with E-state index < -0.39 is 24.4 Å². The molecule has 3 aromatic rings. The molecule has 196 valence electrons. The number of carbonyl (C=O) groups is 1. The molecule has 0 saturated carbocycles. The number of rotatable bonds is 6. The van der Waals surface area contributed by atoms with E-state index >= 15 is 0 Å². The second kappa shape index (κ2) is 9.85. The fraction of sp³-hybridized carbons (Fsp3) is 0.300. The summed E-state index contributed by atoms with van der Waals surface area (Å²) in [7, 11) is -0.727. The van der Waals surface area contributed by atoms with Crippen molar-refractivity contribution < 1.29 is 23.9 Å². The summed E-state index contributed by atoms with van der Waals surface area (Å²) in [5.74, 6) is 0.0323. The minimum absolute atomic E-state index is 0.0319. The summed E-state index contributed by atoms with van der Waals surface area (Å²) in [6.07, 6.45) is 1.18. The summed E-state index contributed by atoms with van der Waals surface area (Å²) >= 11 is 0. The van der Waals surface area contributed by atoms with Crippen molar-refractivity contribution in [3.8, 4) is 16.9 Å². The molecule has 0 bridgehead atoms. The van der Waals surface area contributed by atoms with Gasteiger partial charge in [-0.15, -0.1) is 0 Å². The van der Waals surface area contributed by atoms with Crippen LogP contribution in [0.4, 0.5) is 10.5 Å². The summed E-state index contributed by atoms with van der Waals surface area (Å²) < 4.78 is 18.1. The van der Waals surface area contributed by atoms with Crippen LogP contribution in [0.25, 0.3) is 17.2 Å². The third kappa shape index (κ3) is 4.89. The van der Waals surface area contributed by atoms with E-state index in [-0.39, 0.29) is 24.8 Å². The summed E-state index contributed by atoms with van der Waals surface area (Å²) in [4.78, 5) is 12.9. The van der Waals surface area contributed by atoms with Gasteiger partial charge >= 0.3 is 13.2 Å². The first-order valence-corrected chi connectivity index (χ1v) is 12.8. The van der Waals surface area contributed by atoms with E-state index in [0.29, 0.717) is 16.7 Å². The maximum absolute atomic E-state index is 12.9. The van der Waals surface area contributed by atoms with Gasteiger partial charge in [0.2, 0.25) is 0 Å². The number of phenolic OH excluding ortho intramolecular Hbond substituents is 1. The van der Waals surface area contributed by atoms with Crippen LogP contribution in [0.15, 0.2) is 72.2 Å². The highest BCUT2D eigenvalue weighted by atomic mass is 16.7. The van der Waals surface area contributed by atoms with Crippen LogP contribution in [0.2, 0.25) is 0 Å². The van der Waals surface area contributed by atoms with Crippen LogP contribution in [0.5, 0.6) is 5.75 Å². The van der Waals surface area contributed by atoms with Crippen molar-refractivity contribution in [2.75, 3.05) is 18.9 Å². The molecular weight excluding hydrogens is 479 g/mol. The predicted molar refractivity (Wildman–Crippen MR) is 150 cm³/mol. The first-order chi connectivity index (χ1) is 18.1. The van der Waals surface area contributed by atoms with Crippen molar-refractivity contribution in [1.29, 1.82) is 0 Å². The number of amides is 1. The van der Waals surface area contributed by atoms with Gasteiger partial charge in [0, 0.05) is 23.7 Å². The molecule has 1 aliphatic carbocycles. The molecule has 8 heteroatoms. The van der Waals surface area contributed by atoms with E-state index in [2.05, 4.69) is 29.6 Å². The minimum atomic E-state index is -0.727. The average molecular weight is 512 g/mol. The number of carbonyl (C=O) groups excluding carboxylic acids is 1. The molecule has 0 radical (unpaired) electrons. The average Bonchev–Trinajstić information content (AvgIpc) is 3.31. The van der Waals surface area contributed by atoms with Gasteiger partial charge in [-0.3, -0.25) is 0 Å². The Morgan fingerprint density at radius 2 is 1.58 bits per heavy atom. The number of aromatic hydroxyl groups is 1. The van der Waals surface area contributed by atoms with Crippen LogP contribution in [-0.4, -0.2) is 42.7 Å². The molecule has 3 aromatic carbocycles. The van der Waals surface area contributed by atoms with Crippen LogP contribution in [0.3, 0.4) is 0 Å². The zero-order valence-corrected chi connectivity index (χ0v) is 22.2. The van der Waals surface area contributed by atoms with E-state index in [1.54, 1.807) is 18.2 Å². The number of phenols is 1. The largest absolute Gasteiger partial charge is 0.507 e. The first kappa shape index (κ1) is 25.9. The molecule has 2 aliphatic rings. The van der Waals surface area contributed by atoms with Gasteiger partial charge in [0.25, 0.3) is 0 Å². The number of nitrogen functional groups attached to an aromatic ring is 1. The highest BCUT2D eigenvalue weighted by Crippen LogP contribution is 2.44. The fourth-order valence-corrected chi connectivity index (χ4v) is 4.91. The lowest BCUT2D eigenvalue weighted by Crippen LogP contribution is -2.41. The monoisotopic (exact) mass is 512 g/mol. The summed E-state index contributed by atoms with van der Waals surface area (Å²) in [6, 6.07) is 21.2. The van der Waals surface area contributed by atoms with Crippen molar-refractivity contribution in [3.05, 3.63) is 88.9 Å². The Kier molecular flexibility index (Phi) is 6.71. The normalized spacial score (nSPS) is 17.7. The molecule has 0 aromatic heterocycles. The maximum atomic E-state index is 12.9. The van der Waals surface area contributed by atoms with Gasteiger partial charge in [0.05, 0.1) is 11.2 Å². The molecule has 1 heterocycles. The molecule has 4 N–H and O–H groups in total. The standard InChI is InChI=1S/C30H33BN2O5/c1-29(2)30(3,4)38-31(37-29)20(15-19-16-21(32)13-14-27(19)34)17-33-28(35)36-18-26-24-11-7-5-9-22(24)23-10-6-8-12-25(23)26/h5-16,26,34H,17-18,32H2,1-4H3,(H,33,35). The van der Waals surface area contributed by atoms with Crippen molar-refractivity contribution in [1.82, 2.24) is 5.32 Å². The first-order valence-electron chi connectivity index (χ1n) is 12.8. The number of ether oxygens (including phenoxy) is 1. The second-order valence-corrected chi connectivity index (χ2v) is 10.8. The van der Waals surface area contributed by atoms with Gasteiger partial charge in [-0.05, 0) is 73.6 Å². The SMILES string of the molecule is CC1(C)OB(C(=Cc2cc(N)ccc2O)CNC(=O)OCC2c3ccccc3-c3ccccc32)OC1(C)C. The molecule has 0 spiro atoms. The zero-order chi connectivity index (χ0) is 27.1. The molecule has 1 aliphatic heterocycles. The maximum Gasteiger partial charge on any atom is 0.492 e. The Balaban J connectivity index is 1.31. The number of benzene rings is 3. The van der Waals surface area contributed by atoms with Crippen LogP contribution < -0.4 is 11.1 Å². The summed E-state index contributed by atoms with van der Waals surface area (Å²) in [6.45, 7) is 8.15. The molecule has 5 rings (SSSR count). The Morgan fingerprint density at radius 1 is 1.00 bits per heavy atom. The molecule has 1 amide bonds. The van der Waals surface area contributed by atoms with Crippen LogP contribution in [-0.2, 0) is 14.0 Å². The zero-order valence-electron chi connectivity index (χ0n) is 22.2. The number of nitrogens with two attached hydrogens (primary N) is 1. The van der Waals surface area contributed by atoms with Crippen molar-refractivity contribution >= 4 is 25.0 Å². The van der Waals surface area contributed by atoms with Crippen molar-refractivity contribution in [3.63, 3.8) is 0 Å². The lowest BCUT2D eigenvalue weighted by atomic mass is 9.77. The quantitative estimate of drug-likeness (QED) is 0.228. The molecule has 38 heavy (non-hydrogen) atoms. The molecule has 7 nitrogen and oxygen atoms in total. The van der Waals surface area contributed by atoms with E-state index in [1.807, 2.05) is 52.0 Å². The topological polar surface area (TPSA) is 103 Å². The van der Waals surface area contributed by atoms with Gasteiger partial charge < -0.3 is 30.2 Å². The van der Waals surface area contributed by atoms with Crippen LogP contribution >= 0.6 is 0 Å². The third-order valence-corrected chi connectivity index (χ3v) is 7.73. The highest BCUT2D eigenvalue weighted by molar-refractivity contribution is 6.56. The van der Waals surface area contributed by atoms with Crippen molar-refractivity contribution in [2.45, 2.75) is 44.8 Å². The minimum Gasteiger partial charge on any atom is -0.507 e. The molecule has 0 unspecified atom stereocenters. The van der Waals surface area contributed by atoms with Gasteiger partial charge in [-0.2, -0.15) is 0 Å². The Morgan fingerprint density at radius 3 is 2.18 bits per heavy atom. The summed E-state index contributed by atoms with van der Waals surface area (Å²) in [5, 5.41) is 13.2. The Hall–Kier alpha value is -3.75. The number of nitrogens with one attached hydrogen (secondary N) is 1. The smallest absolute Gasteiger partial charge is 0.492 e. The number of fused-ring (bicyclic) bond motifs is 3. The van der Waals surface area contributed by atoms with Gasteiger partial charge in [0.1, 0.15) is 12.4 Å². The molecule has 1 saturated heterocycles. The van der Waals surface area contributed by atoms with Crippen LogP contribution in [0.1, 0.15) is 50.3 Å². The number of alkyl carbamates (subject to hydrolysis) is 1. The van der Waals surface area contributed by atoms with E-state index in [4.69, 9.17) is 19.8 Å². The third-order valence-electron chi connectivity index (χ3n) is 7.73. The van der Waals surface area contributed by atoms with E-state index in [0.717, 1.165) is 11.1 Å². The Labute approximate surface area is 223 Å². The number of hydrogen-bond donors (Lipinski definition) is 3. The predicted octanol–water partition coefficient (Wildman–Crippen LogP) is 5.53. The van der Waals surface area contributed by atoms with Gasteiger partial charge in [-0.1, -0.05) is 54.6 Å². The molecule has 1 fully saturated rings. The van der Waals surface area contributed by atoms with E-state index in [9.17, 15) is 9.90 Å². The van der Waals surface area contributed by atoms with Gasteiger partial charge in [0.15, 0.2) is 0 Å². The van der Waals surface area contributed by atoms with Crippen molar-refractivity contribution in [2.24, 2.45) is 0 Å². The second-order valence-electron chi connectivity index (χ2n) is 10.8. The molecular formula is C30H33BN2O5. The van der Waals surface area contributed by atoms with Crippen LogP contribution in [0, 0.1) is 0 Å². The Bertz CT molecular complexity index is 1340. The number of anilines is 1. The van der Waals surface area contributed by atoms with Gasteiger partial charge in [-0.25, -0.2) is 4.79 Å². The summed E-state index contributed by atoms with van der Waals surface area (Å²) in [5.41, 5.74) is 11.1. The highest BCUT2D eigenvalue weighted by Gasteiger charge is 2.52.